The van der Waals surface area contributed by atoms with E-state index in [1.807, 2.05) is 24.1 Å². The number of ether oxygens (including phenoxy) is 1. The molecule has 3 heterocycles. The summed E-state index contributed by atoms with van der Waals surface area (Å²) in [6.45, 7) is 2.52. The van der Waals surface area contributed by atoms with Crippen molar-refractivity contribution in [3.8, 4) is 5.75 Å². The number of hydrogen-bond donors (Lipinski definition) is 3. The van der Waals surface area contributed by atoms with E-state index in [1.54, 1.807) is 4.90 Å². The molecule has 9 nitrogen and oxygen atoms in total. The first-order valence-corrected chi connectivity index (χ1v) is 9.81. The Labute approximate surface area is 168 Å². The average Bonchev–Trinajstić information content (AvgIpc) is 3.18. The molecular formula is C20H25N5O4. The van der Waals surface area contributed by atoms with Crippen molar-refractivity contribution in [1.82, 2.24) is 25.1 Å². The molecule has 0 saturated carbocycles. The van der Waals surface area contributed by atoms with E-state index in [0.29, 0.717) is 19.6 Å². The predicted molar refractivity (Wildman–Crippen MR) is 106 cm³/mol. The first-order valence-electron chi connectivity index (χ1n) is 9.81. The second kappa shape index (κ2) is 8.12. The Kier molecular flexibility index (Phi) is 5.39. The summed E-state index contributed by atoms with van der Waals surface area (Å²) in [6.07, 6.45) is 3.35. The number of aromatic amines is 2. The van der Waals surface area contributed by atoms with Crippen LogP contribution in [0.1, 0.15) is 28.0 Å². The molecule has 2 aliphatic heterocycles. The standard InChI is InChI=1S/C20H25N5O4/c1-24-6-7-25(19(27)15-11-22-20(28)23-15)12-16(24)18(26)21-10-13-4-5-17-14(9-13)3-2-8-29-17/h4-5,9,11,16H,2-3,6-8,10,12H2,1H3,(H,21,26)(H2,22,23,28). The van der Waals surface area contributed by atoms with Crippen LogP contribution in [0.15, 0.2) is 29.2 Å². The van der Waals surface area contributed by atoms with Crippen LogP contribution in [0.2, 0.25) is 0 Å². The molecule has 2 aliphatic rings. The van der Waals surface area contributed by atoms with Gasteiger partial charge in [0, 0.05) is 32.4 Å². The van der Waals surface area contributed by atoms with Gasteiger partial charge in [0.25, 0.3) is 5.91 Å². The highest BCUT2D eigenvalue weighted by atomic mass is 16.5. The summed E-state index contributed by atoms with van der Waals surface area (Å²) in [7, 11) is 1.88. The van der Waals surface area contributed by atoms with Gasteiger partial charge in [0.15, 0.2) is 0 Å². The van der Waals surface area contributed by atoms with Crippen LogP contribution in [-0.4, -0.2) is 70.9 Å². The van der Waals surface area contributed by atoms with Crippen LogP contribution in [0.5, 0.6) is 5.75 Å². The number of likely N-dealkylation sites (N-methyl/N-ethyl adjacent to an activating group) is 1. The number of aromatic nitrogens is 2. The number of imidazole rings is 1. The maximum Gasteiger partial charge on any atom is 0.323 e. The van der Waals surface area contributed by atoms with Crippen LogP contribution in [-0.2, 0) is 17.8 Å². The maximum absolute atomic E-state index is 12.8. The molecule has 1 aromatic carbocycles. The Morgan fingerprint density at radius 1 is 1.31 bits per heavy atom. The number of nitrogens with zero attached hydrogens (tertiary/aromatic N) is 2. The van der Waals surface area contributed by atoms with Gasteiger partial charge in [-0.2, -0.15) is 0 Å². The van der Waals surface area contributed by atoms with Gasteiger partial charge in [-0.1, -0.05) is 12.1 Å². The van der Waals surface area contributed by atoms with Gasteiger partial charge in [-0.05, 0) is 37.1 Å². The van der Waals surface area contributed by atoms with E-state index < -0.39 is 11.7 Å². The van der Waals surface area contributed by atoms with Gasteiger partial charge in [-0.3, -0.25) is 14.5 Å². The third kappa shape index (κ3) is 4.19. The lowest BCUT2D eigenvalue weighted by Gasteiger charge is -2.38. The number of carbonyl (C=O) groups is 2. The Morgan fingerprint density at radius 3 is 2.97 bits per heavy atom. The summed E-state index contributed by atoms with van der Waals surface area (Å²) in [5.74, 6) is 0.515. The largest absolute Gasteiger partial charge is 0.493 e. The van der Waals surface area contributed by atoms with E-state index in [4.69, 9.17) is 4.74 Å². The molecule has 1 atom stereocenters. The number of rotatable bonds is 4. The van der Waals surface area contributed by atoms with E-state index >= 15 is 0 Å². The fraction of sp³-hybridized carbons (Fsp3) is 0.450. The second-order valence-electron chi connectivity index (χ2n) is 7.52. The Bertz CT molecular complexity index is 966. The molecule has 1 saturated heterocycles. The van der Waals surface area contributed by atoms with Crippen LogP contribution in [0.3, 0.4) is 0 Å². The molecule has 2 amide bonds. The zero-order valence-corrected chi connectivity index (χ0v) is 16.4. The van der Waals surface area contributed by atoms with E-state index in [9.17, 15) is 14.4 Å². The number of H-pyrrole nitrogens is 2. The third-order valence-electron chi connectivity index (χ3n) is 5.50. The van der Waals surface area contributed by atoms with E-state index in [1.165, 1.54) is 11.8 Å². The summed E-state index contributed by atoms with van der Waals surface area (Å²) in [4.78, 5) is 45.1. The van der Waals surface area contributed by atoms with Crippen molar-refractivity contribution >= 4 is 11.8 Å². The van der Waals surface area contributed by atoms with Crippen LogP contribution in [0, 0.1) is 0 Å². The summed E-state index contributed by atoms with van der Waals surface area (Å²) in [5.41, 5.74) is 1.98. The summed E-state index contributed by atoms with van der Waals surface area (Å²) in [6, 6.07) is 5.56. The number of carbonyl (C=O) groups excluding carboxylic acids is 2. The topological polar surface area (TPSA) is 111 Å². The van der Waals surface area contributed by atoms with E-state index in [-0.39, 0.29) is 24.1 Å². The summed E-state index contributed by atoms with van der Waals surface area (Å²) >= 11 is 0. The quantitative estimate of drug-likeness (QED) is 0.676. The van der Waals surface area contributed by atoms with Crippen LogP contribution in [0.4, 0.5) is 0 Å². The van der Waals surface area contributed by atoms with Gasteiger partial charge >= 0.3 is 5.69 Å². The molecule has 1 aromatic heterocycles. The number of piperazine rings is 1. The van der Waals surface area contributed by atoms with Crippen molar-refractivity contribution in [2.45, 2.75) is 25.4 Å². The van der Waals surface area contributed by atoms with Crippen molar-refractivity contribution in [1.29, 1.82) is 0 Å². The number of nitrogens with one attached hydrogen (secondary N) is 3. The lowest BCUT2D eigenvalue weighted by Crippen LogP contribution is -2.58. The minimum Gasteiger partial charge on any atom is -0.493 e. The monoisotopic (exact) mass is 399 g/mol. The lowest BCUT2D eigenvalue weighted by molar-refractivity contribution is -0.127. The summed E-state index contributed by atoms with van der Waals surface area (Å²) in [5, 5.41) is 2.99. The van der Waals surface area contributed by atoms with Crippen molar-refractivity contribution in [2.24, 2.45) is 0 Å². The number of amides is 2. The van der Waals surface area contributed by atoms with Crippen molar-refractivity contribution in [3.05, 3.63) is 51.7 Å². The number of benzene rings is 1. The highest BCUT2D eigenvalue weighted by Crippen LogP contribution is 2.25. The third-order valence-corrected chi connectivity index (χ3v) is 5.50. The maximum atomic E-state index is 12.8. The molecule has 2 aromatic rings. The van der Waals surface area contributed by atoms with Crippen molar-refractivity contribution in [3.63, 3.8) is 0 Å². The molecular weight excluding hydrogens is 374 g/mol. The number of hydrogen-bond acceptors (Lipinski definition) is 5. The zero-order chi connectivity index (χ0) is 20.4. The molecule has 0 spiro atoms. The first-order chi connectivity index (χ1) is 14.0. The summed E-state index contributed by atoms with van der Waals surface area (Å²) < 4.78 is 5.63. The Hall–Kier alpha value is -3.07. The van der Waals surface area contributed by atoms with Crippen molar-refractivity contribution < 1.29 is 14.3 Å². The van der Waals surface area contributed by atoms with Crippen LogP contribution < -0.4 is 15.7 Å². The molecule has 3 N–H and O–H groups in total. The molecule has 154 valence electrons. The average molecular weight is 399 g/mol. The SMILES string of the molecule is CN1CCN(C(=O)c2c[nH]c(=O)[nH]2)CC1C(=O)NCc1ccc2c(c1)CCCO2. The van der Waals surface area contributed by atoms with Gasteiger partial charge in [0.05, 0.1) is 6.61 Å². The molecule has 0 radical (unpaired) electrons. The van der Waals surface area contributed by atoms with Gasteiger partial charge < -0.3 is 24.9 Å². The smallest absolute Gasteiger partial charge is 0.323 e. The molecule has 9 heteroatoms. The van der Waals surface area contributed by atoms with Gasteiger partial charge in [-0.15, -0.1) is 0 Å². The fourth-order valence-electron chi connectivity index (χ4n) is 3.79. The zero-order valence-electron chi connectivity index (χ0n) is 16.4. The second-order valence-corrected chi connectivity index (χ2v) is 7.52. The van der Waals surface area contributed by atoms with Gasteiger partial charge in [-0.25, -0.2) is 4.79 Å². The highest BCUT2D eigenvalue weighted by Gasteiger charge is 2.33. The Morgan fingerprint density at radius 2 is 2.17 bits per heavy atom. The molecule has 1 unspecified atom stereocenters. The first kappa shape index (κ1) is 19.3. The van der Waals surface area contributed by atoms with Crippen LogP contribution in [0.25, 0.3) is 0 Å². The Balaban J connectivity index is 1.38. The minimum atomic E-state index is -0.445. The van der Waals surface area contributed by atoms with Gasteiger partial charge in [0.2, 0.25) is 5.91 Å². The normalized spacial score (nSPS) is 19.3. The lowest BCUT2D eigenvalue weighted by atomic mass is 10.0. The fourth-order valence-corrected chi connectivity index (χ4v) is 3.79. The molecule has 4 rings (SSSR count). The van der Waals surface area contributed by atoms with E-state index in [2.05, 4.69) is 21.4 Å². The molecule has 1 fully saturated rings. The van der Waals surface area contributed by atoms with Gasteiger partial charge in [0.1, 0.15) is 17.5 Å². The highest BCUT2D eigenvalue weighted by molar-refractivity contribution is 5.93. The number of fused-ring (bicyclic) bond motifs is 1. The number of aryl methyl sites for hydroxylation is 1. The van der Waals surface area contributed by atoms with E-state index in [0.717, 1.165) is 30.8 Å². The predicted octanol–water partition coefficient (Wildman–Crippen LogP) is 0.101. The minimum absolute atomic E-state index is 0.124. The molecule has 29 heavy (non-hydrogen) atoms. The van der Waals surface area contributed by atoms with Crippen LogP contribution >= 0.6 is 0 Å². The van der Waals surface area contributed by atoms with Crippen molar-refractivity contribution in [2.75, 3.05) is 33.3 Å². The molecule has 0 aliphatic carbocycles. The molecule has 0 bridgehead atoms.